The maximum absolute atomic E-state index is 13.4. The van der Waals surface area contributed by atoms with E-state index in [2.05, 4.69) is 30.2 Å². The predicted octanol–water partition coefficient (Wildman–Crippen LogP) is 4.69. The number of amides is 1. The first-order valence-electron chi connectivity index (χ1n) is 11.4. The lowest BCUT2D eigenvalue weighted by atomic mass is 9.92. The van der Waals surface area contributed by atoms with Crippen LogP contribution in [0.4, 0.5) is 0 Å². The second kappa shape index (κ2) is 9.15. The molecule has 0 bridgehead atoms. The number of rotatable bonds is 5. The molecule has 1 atom stereocenters. The largest absolute Gasteiger partial charge is 0.497 e. The summed E-state index contributed by atoms with van der Waals surface area (Å²) >= 11 is 0. The summed E-state index contributed by atoms with van der Waals surface area (Å²) in [7, 11) is 3.55. The molecule has 1 saturated heterocycles. The molecule has 168 valence electrons. The van der Waals surface area contributed by atoms with Gasteiger partial charge < -0.3 is 9.64 Å². The molecule has 3 aromatic rings. The Morgan fingerprint density at radius 1 is 1.19 bits per heavy atom. The van der Waals surface area contributed by atoms with E-state index in [9.17, 15) is 4.79 Å². The number of ether oxygens (including phenoxy) is 1. The van der Waals surface area contributed by atoms with Gasteiger partial charge in [0.05, 0.1) is 12.8 Å². The number of nitrogens with zero attached hydrogens (tertiary/aromatic N) is 4. The van der Waals surface area contributed by atoms with E-state index in [1.807, 2.05) is 44.0 Å². The van der Waals surface area contributed by atoms with E-state index in [4.69, 9.17) is 9.72 Å². The van der Waals surface area contributed by atoms with Crippen LogP contribution in [-0.4, -0.2) is 45.8 Å². The quantitative estimate of drug-likeness (QED) is 0.587. The van der Waals surface area contributed by atoms with Crippen LogP contribution in [0.2, 0.25) is 0 Å². The van der Waals surface area contributed by atoms with Gasteiger partial charge in [0.25, 0.3) is 5.91 Å². The Morgan fingerprint density at radius 2 is 2.00 bits per heavy atom. The first-order valence-corrected chi connectivity index (χ1v) is 11.4. The van der Waals surface area contributed by atoms with Crippen LogP contribution < -0.4 is 4.74 Å². The summed E-state index contributed by atoms with van der Waals surface area (Å²) < 4.78 is 7.14. The zero-order valence-corrected chi connectivity index (χ0v) is 19.7. The monoisotopic (exact) mass is 432 g/mol. The molecule has 1 fully saturated rings. The number of hydrogen-bond acceptors (Lipinski definition) is 4. The minimum Gasteiger partial charge on any atom is -0.497 e. The molecule has 0 saturated carbocycles. The standard InChI is InChI=1S/C26H32N4O2/c1-6-23-18(3)25(29(4)28-23)26(31)30-12-8-10-20(16-30)24-15-21(13-17(2)27-24)19-9-7-11-22(14-19)32-5/h7,9,11,13-15,20H,6,8,10,12,16H2,1-5H3/t20-/m1/s1. The number of methoxy groups -OCH3 is 1. The Balaban J connectivity index is 1.60. The van der Waals surface area contributed by atoms with Crippen molar-refractivity contribution in [1.82, 2.24) is 19.7 Å². The molecular formula is C26H32N4O2. The molecular weight excluding hydrogens is 400 g/mol. The molecule has 1 aliphatic heterocycles. The highest BCUT2D eigenvalue weighted by atomic mass is 16.5. The normalized spacial score (nSPS) is 16.3. The van der Waals surface area contributed by atoms with Gasteiger partial charge in [-0.1, -0.05) is 19.1 Å². The molecule has 1 aliphatic rings. The van der Waals surface area contributed by atoms with E-state index in [1.165, 1.54) is 0 Å². The lowest BCUT2D eigenvalue weighted by Crippen LogP contribution is -2.40. The summed E-state index contributed by atoms with van der Waals surface area (Å²) in [5.74, 6) is 1.13. The van der Waals surface area contributed by atoms with Crippen LogP contribution in [0.3, 0.4) is 0 Å². The van der Waals surface area contributed by atoms with Crippen molar-refractivity contribution < 1.29 is 9.53 Å². The summed E-state index contributed by atoms with van der Waals surface area (Å²) in [6.07, 6.45) is 2.83. The third kappa shape index (κ3) is 4.27. The second-order valence-corrected chi connectivity index (χ2v) is 8.64. The minimum atomic E-state index is 0.0718. The molecule has 6 nitrogen and oxygen atoms in total. The lowest BCUT2D eigenvalue weighted by molar-refractivity contribution is 0.0694. The fourth-order valence-electron chi connectivity index (χ4n) is 4.75. The lowest BCUT2D eigenvalue weighted by Gasteiger charge is -2.33. The molecule has 0 N–H and O–H groups in total. The van der Waals surface area contributed by atoms with Crippen LogP contribution >= 0.6 is 0 Å². The fraction of sp³-hybridized carbons (Fsp3) is 0.423. The van der Waals surface area contributed by atoms with Gasteiger partial charge in [0.2, 0.25) is 0 Å². The number of hydrogen-bond donors (Lipinski definition) is 0. The number of likely N-dealkylation sites (tertiary alicyclic amines) is 1. The summed E-state index contributed by atoms with van der Waals surface area (Å²) in [5, 5.41) is 4.54. The Bertz CT molecular complexity index is 1130. The van der Waals surface area contributed by atoms with Crippen LogP contribution in [0.25, 0.3) is 11.1 Å². The third-order valence-corrected chi connectivity index (χ3v) is 6.42. The predicted molar refractivity (Wildman–Crippen MR) is 126 cm³/mol. The van der Waals surface area contributed by atoms with Gasteiger partial charge in [-0.3, -0.25) is 14.5 Å². The molecule has 0 aliphatic carbocycles. The highest BCUT2D eigenvalue weighted by Gasteiger charge is 2.29. The minimum absolute atomic E-state index is 0.0718. The fourth-order valence-corrected chi connectivity index (χ4v) is 4.75. The zero-order chi connectivity index (χ0) is 22.8. The van der Waals surface area contributed by atoms with Gasteiger partial charge in [-0.2, -0.15) is 5.10 Å². The number of pyridine rings is 1. The van der Waals surface area contributed by atoms with Crippen molar-refractivity contribution in [3.63, 3.8) is 0 Å². The van der Waals surface area contributed by atoms with E-state index in [0.717, 1.165) is 65.3 Å². The van der Waals surface area contributed by atoms with Crippen molar-refractivity contribution >= 4 is 5.91 Å². The molecule has 1 amide bonds. The van der Waals surface area contributed by atoms with Gasteiger partial charge in [-0.15, -0.1) is 0 Å². The van der Waals surface area contributed by atoms with Gasteiger partial charge >= 0.3 is 0 Å². The van der Waals surface area contributed by atoms with Gasteiger partial charge in [-0.05, 0) is 68.5 Å². The first-order chi connectivity index (χ1) is 15.4. The van der Waals surface area contributed by atoms with Gasteiger partial charge in [0, 0.05) is 43.0 Å². The summed E-state index contributed by atoms with van der Waals surface area (Å²) in [5.41, 5.74) is 6.97. The number of piperidine rings is 1. The average Bonchev–Trinajstić information content (AvgIpc) is 3.11. The highest BCUT2D eigenvalue weighted by molar-refractivity contribution is 5.94. The van der Waals surface area contributed by atoms with Gasteiger partial charge in [-0.25, -0.2) is 0 Å². The summed E-state index contributed by atoms with van der Waals surface area (Å²) in [6, 6.07) is 12.4. The van der Waals surface area contributed by atoms with Crippen molar-refractivity contribution in [2.24, 2.45) is 7.05 Å². The molecule has 3 heterocycles. The molecule has 2 aromatic heterocycles. The smallest absolute Gasteiger partial charge is 0.272 e. The van der Waals surface area contributed by atoms with Crippen LogP contribution in [-0.2, 0) is 13.5 Å². The van der Waals surface area contributed by atoms with Crippen LogP contribution in [0, 0.1) is 13.8 Å². The van der Waals surface area contributed by atoms with Crippen LogP contribution in [0.15, 0.2) is 36.4 Å². The van der Waals surface area contributed by atoms with E-state index in [-0.39, 0.29) is 11.8 Å². The van der Waals surface area contributed by atoms with Gasteiger partial charge in [0.15, 0.2) is 0 Å². The second-order valence-electron chi connectivity index (χ2n) is 8.64. The van der Waals surface area contributed by atoms with E-state index in [0.29, 0.717) is 12.2 Å². The Kier molecular flexibility index (Phi) is 6.31. The summed E-state index contributed by atoms with van der Waals surface area (Å²) in [4.78, 5) is 20.2. The topological polar surface area (TPSA) is 60.2 Å². The Hall–Kier alpha value is -3.15. The molecule has 1 aromatic carbocycles. The molecule has 0 radical (unpaired) electrons. The van der Waals surface area contributed by atoms with Crippen LogP contribution in [0.5, 0.6) is 5.75 Å². The number of aromatic nitrogens is 3. The maximum atomic E-state index is 13.4. The summed E-state index contributed by atoms with van der Waals surface area (Å²) in [6.45, 7) is 7.56. The van der Waals surface area contributed by atoms with Crippen molar-refractivity contribution in [3.8, 4) is 16.9 Å². The number of benzene rings is 1. The average molecular weight is 433 g/mol. The highest BCUT2D eigenvalue weighted by Crippen LogP contribution is 2.31. The Morgan fingerprint density at radius 3 is 2.72 bits per heavy atom. The van der Waals surface area contributed by atoms with E-state index in [1.54, 1.807) is 11.8 Å². The third-order valence-electron chi connectivity index (χ3n) is 6.42. The first kappa shape index (κ1) is 22.1. The van der Waals surface area contributed by atoms with Crippen LogP contribution in [0.1, 0.15) is 58.8 Å². The van der Waals surface area contributed by atoms with E-state index >= 15 is 0 Å². The molecule has 0 spiro atoms. The molecule has 0 unspecified atom stereocenters. The number of carbonyl (C=O) groups is 1. The Labute approximate surface area is 190 Å². The zero-order valence-electron chi connectivity index (χ0n) is 19.7. The van der Waals surface area contributed by atoms with Crippen molar-refractivity contribution in [2.75, 3.05) is 20.2 Å². The van der Waals surface area contributed by atoms with Gasteiger partial charge in [0.1, 0.15) is 11.4 Å². The molecule has 6 heteroatoms. The van der Waals surface area contributed by atoms with E-state index < -0.39 is 0 Å². The number of carbonyl (C=O) groups excluding carboxylic acids is 1. The molecule has 4 rings (SSSR count). The van der Waals surface area contributed by atoms with Crippen molar-refractivity contribution in [1.29, 1.82) is 0 Å². The SMILES string of the molecule is CCc1nn(C)c(C(=O)N2CCC[C@@H](c3cc(-c4cccc(OC)c4)cc(C)n3)C2)c1C. The maximum Gasteiger partial charge on any atom is 0.272 e. The van der Waals surface area contributed by atoms with Crippen molar-refractivity contribution in [3.05, 3.63) is 64.7 Å². The molecule has 32 heavy (non-hydrogen) atoms. The van der Waals surface area contributed by atoms with Crippen molar-refractivity contribution in [2.45, 2.75) is 46.0 Å². The number of aryl methyl sites for hydroxylation is 3.